The highest BCUT2D eigenvalue weighted by atomic mass is 35.5. The highest BCUT2D eigenvalue weighted by Gasteiger charge is 2.22. The molecular weight excluding hydrogens is 428 g/mol. The maximum atomic E-state index is 12.7. The SMILES string of the molecule is C[C@H](c1nc2ccccc2s1)N(C)C(=O)CSc1nnnn1-c1ccc(Cl)cc1. The van der Waals surface area contributed by atoms with Crippen molar-refractivity contribution in [1.82, 2.24) is 30.1 Å². The molecule has 0 saturated heterocycles. The van der Waals surface area contributed by atoms with Gasteiger partial charge in [0, 0.05) is 12.1 Å². The fourth-order valence-corrected chi connectivity index (χ4v) is 4.70. The zero-order valence-corrected chi connectivity index (χ0v) is 18.1. The minimum Gasteiger partial charge on any atom is -0.336 e. The molecule has 0 spiro atoms. The number of thiazole rings is 1. The standard InChI is InChI=1S/C19H17ClN6OS2/c1-12(18-21-15-5-3-4-6-16(15)29-18)25(2)17(27)11-28-19-22-23-24-26(19)14-9-7-13(20)8-10-14/h3-10,12H,11H2,1-2H3/t12-/m1/s1. The number of para-hydroxylation sites is 1. The molecule has 0 aliphatic rings. The van der Waals surface area contributed by atoms with Gasteiger partial charge in [-0.2, -0.15) is 4.68 Å². The van der Waals surface area contributed by atoms with E-state index in [0.29, 0.717) is 10.2 Å². The molecule has 0 bridgehead atoms. The van der Waals surface area contributed by atoms with Crippen LogP contribution in [-0.2, 0) is 4.79 Å². The number of carbonyl (C=O) groups excluding carboxylic acids is 1. The maximum absolute atomic E-state index is 12.7. The summed E-state index contributed by atoms with van der Waals surface area (Å²) < 4.78 is 2.71. The van der Waals surface area contributed by atoms with Gasteiger partial charge in [0.1, 0.15) is 5.01 Å². The van der Waals surface area contributed by atoms with Crippen LogP contribution in [0.25, 0.3) is 15.9 Å². The Morgan fingerprint density at radius 2 is 2.00 bits per heavy atom. The van der Waals surface area contributed by atoms with Gasteiger partial charge in [-0.3, -0.25) is 4.79 Å². The maximum Gasteiger partial charge on any atom is 0.233 e. The summed E-state index contributed by atoms with van der Waals surface area (Å²) in [6.45, 7) is 1.98. The first-order valence-corrected chi connectivity index (χ1v) is 11.0. The van der Waals surface area contributed by atoms with E-state index in [1.54, 1.807) is 40.1 Å². The zero-order chi connectivity index (χ0) is 20.4. The first-order valence-electron chi connectivity index (χ1n) is 8.81. The van der Waals surface area contributed by atoms with Gasteiger partial charge in [0.2, 0.25) is 11.1 Å². The third-order valence-electron chi connectivity index (χ3n) is 4.48. The summed E-state index contributed by atoms with van der Waals surface area (Å²) in [4.78, 5) is 19.1. The largest absolute Gasteiger partial charge is 0.336 e. The van der Waals surface area contributed by atoms with Gasteiger partial charge in [-0.1, -0.05) is 35.5 Å². The molecule has 2 aromatic carbocycles. The first-order chi connectivity index (χ1) is 14.0. The molecule has 10 heteroatoms. The van der Waals surface area contributed by atoms with Crippen LogP contribution in [0.3, 0.4) is 0 Å². The number of amides is 1. The van der Waals surface area contributed by atoms with Crippen molar-refractivity contribution in [3.05, 3.63) is 58.6 Å². The van der Waals surface area contributed by atoms with Crippen LogP contribution in [-0.4, -0.2) is 48.8 Å². The molecule has 4 aromatic rings. The van der Waals surface area contributed by atoms with Crippen LogP contribution in [0.5, 0.6) is 0 Å². The third kappa shape index (κ3) is 4.26. The molecule has 0 aliphatic carbocycles. The predicted octanol–water partition coefficient (Wildman–Crippen LogP) is 4.24. The Balaban J connectivity index is 1.43. The Hall–Kier alpha value is -2.49. The monoisotopic (exact) mass is 444 g/mol. The summed E-state index contributed by atoms with van der Waals surface area (Å²) in [5, 5.41) is 13.9. The topological polar surface area (TPSA) is 76.8 Å². The molecule has 148 valence electrons. The summed E-state index contributed by atoms with van der Waals surface area (Å²) in [6, 6.07) is 15.0. The molecule has 4 rings (SSSR count). The van der Waals surface area contributed by atoms with Gasteiger partial charge in [0.15, 0.2) is 0 Å². The van der Waals surface area contributed by atoms with Gasteiger partial charge in [-0.15, -0.1) is 16.4 Å². The van der Waals surface area contributed by atoms with Gasteiger partial charge in [0.25, 0.3) is 0 Å². The van der Waals surface area contributed by atoms with E-state index in [9.17, 15) is 4.79 Å². The Morgan fingerprint density at radius 1 is 1.24 bits per heavy atom. The second-order valence-electron chi connectivity index (χ2n) is 6.34. The van der Waals surface area contributed by atoms with Gasteiger partial charge < -0.3 is 4.90 Å². The van der Waals surface area contributed by atoms with E-state index < -0.39 is 0 Å². The van der Waals surface area contributed by atoms with Crippen LogP contribution in [0, 0.1) is 0 Å². The van der Waals surface area contributed by atoms with Crippen molar-refractivity contribution < 1.29 is 4.79 Å². The highest BCUT2D eigenvalue weighted by Crippen LogP contribution is 2.29. The number of halogens is 1. The molecule has 0 aliphatic heterocycles. The molecule has 1 amide bonds. The Kier molecular flexibility index (Phi) is 5.79. The predicted molar refractivity (Wildman–Crippen MR) is 116 cm³/mol. The van der Waals surface area contributed by atoms with Crippen LogP contribution >= 0.6 is 34.7 Å². The Bertz CT molecular complexity index is 1110. The van der Waals surface area contributed by atoms with Crippen molar-refractivity contribution >= 4 is 50.8 Å². The van der Waals surface area contributed by atoms with Crippen LogP contribution < -0.4 is 0 Å². The lowest BCUT2D eigenvalue weighted by Gasteiger charge is -2.23. The minimum atomic E-state index is -0.118. The van der Waals surface area contributed by atoms with Gasteiger partial charge >= 0.3 is 0 Å². The molecular formula is C19H17ClN6OS2. The molecule has 2 heterocycles. The van der Waals surface area contributed by atoms with E-state index in [1.165, 1.54) is 11.8 Å². The van der Waals surface area contributed by atoms with E-state index >= 15 is 0 Å². The number of fused-ring (bicyclic) bond motifs is 1. The van der Waals surface area contributed by atoms with E-state index in [0.717, 1.165) is 20.9 Å². The average molecular weight is 445 g/mol. The van der Waals surface area contributed by atoms with Crippen molar-refractivity contribution in [2.24, 2.45) is 0 Å². The quantitative estimate of drug-likeness (QED) is 0.414. The number of rotatable bonds is 6. The van der Waals surface area contributed by atoms with Crippen LogP contribution in [0.2, 0.25) is 5.02 Å². The average Bonchev–Trinajstić information content (AvgIpc) is 3.38. The number of carbonyl (C=O) groups is 1. The van der Waals surface area contributed by atoms with Crippen molar-refractivity contribution in [2.75, 3.05) is 12.8 Å². The molecule has 0 N–H and O–H groups in total. The molecule has 1 atom stereocenters. The molecule has 29 heavy (non-hydrogen) atoms. The summed E-state index contributed by atoms with van der Waals surface area (Å²) in [7, 11) is 1.79. The van der Waals surface area contributed by atoms with Gasteiger partial charge in [-0.05, 0) is 53.7 Å². The zero-order valence-electron chi connectivity index (χ0n) is 15.7. The van der Waals surface area contributed by atoms with Gasteiger partial charge in [0.05, 0.1) is 27.7 Å². The van der Waals surface area contributed by atoms with Crippen LogP contribution in [0.4, 0.5) is 0 Å². The minimum absolute atomic E-state index is 0.0209. The summed E-state index contributed by atoms with van der Waals surface area (Å²) in [5.74, 6) is 0.201. The van der Waals surface area contributed by atoms with Crippen LogP contribution in [0.15, 0.2) is 53.7 Å². The number of nitrogens with zero attached hydrogens (tertiary/aromatic N) is 6. The lowest BCUT2D eigenvalue weighted by Crippen LogP contribution is -2.31. The van der Waals surface area contributed by atoms with E-state index in [-0.39, 0.29) is 17.7 Å². The first kappa shape index (κ1) is 19.8. The van der Waals surface area contributed by atoms with E-state index in [2.05, 4.69) is 20.5 Å². The normalized spacial score (nSPS) is 12.2. The Morgan fingerprint density at radius 3 is 2.76 bits per heavy atom. The third-order valence-corrected chi connectivity index (χ3v) is 6.84. The molecule has 0 saturated carbocycles. The van der Waals surface area contributed by atoms with Crippen molar-refractivity contribution in [1.29, 1.82) is 0 Å². The number of tetrazole rings is 1. The second kappa shape index (κ2) is 8.48. The fraction of sp³-hybridized carbons (Fsp3) is 0.211. The van der Waals surface area contributed by atoms with E-state index in [1.807, 2.05) is 43.3 Å². The number of benzene rings is 2. The lowest BCUT2D eigenvalue weighted by molar-refractivity contribution is -0.128. The lowest BCUT2D eigenvalue weighted by atomic mass is 10.3. The number of aromatic nitrogens is 5. The molecule has 2 aromatic heterocycles. The molecule has 7 nitrogen and oxygen atoms in total. The Labute approximate surface area is 180 Å². The highest BCUT2D eigenvalue weighted by molar-refractivity contribution is 7.99. The molecule has 0 unspecified atom stereocenters. The van der Waals surface area contributed by atoms with E-state index in [4.69, 9.17) is 11.6 Å². The fourth-order valence-electron chi connectivity index (χ4n) is 2.69. The molecule has 0 fully saturated rings. The van der Waals surface area contributed by atoms with Crippen LogP contribution in [0.1, 0.15) is 18.0 Å². The van der Waals surface area contributed by atoms with Gasteiger partial charge in [-0.25, -0.2) is 4.98 Å². The summed E-state index contributed by atoms with van der Waals surface area (Å²) >= 11 is 8.84. The van der Waals surface area contributed by atoms with Crippen molar-refractivity contribution in [3.63, 3.8) is 0 Å². The van der Waals surface area contributed by atoms with Crippen molar-refractivity contribution in [2.45, 2.75) is 18.1 Å². The molecule has 0 radical (unpaired) electrons. The summed E-state index contributed by atoms with van der Waals surface area (Å²) in [5.41, 5.74) is 1.74. The number of thioether (sulfide) groups is 1. The van der Waals surface area contributed by atoms with Crippen molar-refractivity contribution in [3.8, 4) is 5.69 Å². The smallest absolute Gasteiger partial charge is 0.233 e. The number of hydrogen-bond donors (Lipinski definition) is 0. The number of hydrogen-bond acceptors (Lipinski definition) is 7. The summed E-state index contributed by atoms with van der Waals surface area (Å²) in [6.07, 6.45) is 0. The second-order valence-corrected chi connectivity index (χ2v) is 8.78.